The SMILES string of the molecule is CCC(CC)C1(C)CC2OC(=O)C(C)C2(C)CC1C. The van der Waals surface area contributed by atoms with Crippen molar-refractivity contribution in [2.45, 2.75) is 73.3 Å². The molecule has 2 heteroatoms. The lowest BCUT2D eigenvalue weighted by Gasteiger charge is -2.52. The molecule has 1 saturated carbocycles. The molecule has 0 aromatic rings. The predicted octanol–water partition coefficient (Wildman–Crippen LogP) is 4.43. The molecule has 2 nitrogen and oxygen atoms in total. The molecule has 110 valence electrons. The lowest BCUT2D eigenvalue weighted by molar-refractivity contribution is -0.147. The van der Waals surface area contributed by atoms with Gasteiger partial charge in [-0.15, -0.1) is 0 Å². The van der Waals surface area contributed by atoms with Crippen molar-refractivity contribution >= 4 is 5.97 Å². The third-order valence-electron chi connectivity index (χ3n) is 6.75. The molecule has 2 fully saturated rings. The van der Waals surface area contributed by atoms with Crippen molar-refractivity contribution in [3.8, 4) is 0 Å². The van der Waals surface area contributed by atoms with Gasteiger partial charge in [0, 0.05) is 5.41 Å². The second-order valence-corrected chi connectivity index (χ2v) is 7.48. The Hall–Kier alpha value is -0.530. The van der Waals surface area contributed by atoms with E-state index < -0.39 is 0 Å². The van der Waals surface area contributed by atoms with E-state index in [2.05, 4.69) is 41.5 Å². The molecule has 1 heterocycles. The molecule has 0 spiro atoms. The zero-order valence-electron chi connectivity index (χ0n) is 13.5. The summed E-state index contributed by atoms with van der Waals surface area (Å²) in [6.45, 7) is 13.7. The molecule has 0 bridgehead atoms. The quantitative estimate of drug-likeness (QED) is 0.706. The summed E-state index contributed by atoms with van der Waals surface area (Å²) in [5, 5.41) is 0. The van der Waals surface area contributed by atoms with Crippen LogP contribution in [0.25, 0.3) is 0 Å². The Balaban J connectivity index is 2.29. The topological polar surface area (TPSA) is 26.3 Å². The van der Waals surface area contributed by atoms with Crippen LogP contribution >= 0.6 is 0 Å². The molecule has 0 radical (unpaired) electrons. The number of esters is 1. The molecular weight excluding hydrogens is 236 g/mol. The molecule has 1 aliphatic heterocycles. The van der Waals surface area contributed by atoms with Crippen molar-refractivity contribution in [3.63, 3.8) is 0 Å². The van der Waals surface area contributed by atoms with Gasteiger partial charge in [-0.25, -0.2) is 0 Å². The monoisotopic (exact) mass is 266 g/mol. The zero-order chi connectivity index (χ0) is 14.4. The second-order valence-electron chi connectivity index (χ2n) is 7.48. The normalized spacial score (nSPS) is 46.3. The summed E-state index contributed by atoms with van der Waals surface area (Å²) >= 11 is 0. The summed E-state index contributed by atoms with van der Waals surface area (Å²) < 4.78 is 5.72. The fourth-order valence-corrected chi connectivity index (χ4v) is 4.79. The van der Waals surface area contributed by atoms with Gasteiger partial charge in [0.2, 0.25) is 0 Å². The summed E-state index contributed by atoms with van der Waals surface area (Å²) in [7, 11) is 0. The Morgan fingerprint density at radius 2 is 1.79 bits per heavy atom. The van der Waals surface area contributed by atoms with Crippen LogP contribution in [0.4, 0.5) is 0 Å². The second kappa shape index (κ2) is 4.79. The van der Waals surface area contributed by atoms with Crippen molar-refractivity contribution in [2.24, 2.45) is 28.6 Å². The number of hydrogen-bond acceptors (Lipinski definition) is 2. The highest BCUT2D eigenvalue weighted by Crippen LogP contribution is 2.59. The first kappa shape index (κ1) is 14.9. The fourth-order valence-electron chi connectivity index (χ4n) is 4.79. The third-order valence-corrected chi connectivity index (χ3v) is 6.75. The molecule has 0 N–H and O–H groups in total. The highest BCUT2D eigenvalue weighted by molar-refractivity contribution is 5.75. The van der Waals surface area contributed by atoms with Crippen LogP contribution in [0.15, 0.2) is 0 Å². The van der Waals surface area contributed by atoms with Gasteiger partial charge in [-0.1, -0.05) is 54.4 Å². The minimum absolute atomic E-state index is 0.0218. The van der Waals surface area contributed by atoms with Gasteiger partial charge in [0.25, 0.3) is 0 Å². The van der Waals surface area contributed by atoms with Gasteiger partial charge >= 0.3 is 5.97 Å². The smallest absolute Gasteiger partial charge is 0.309 e. The van der Waals surface area contributed by atoms with E-state index in [0.29, 0.717) is 11.3 Å². The van der Waals surface area contributed by atoms with Gasteiger partial charge in [-0.05, 0) is 30.1 Å². The average Bonchev–Trinajstić information content (AvgIpc) is 2.55. The molecule has 1 saturated heterocycles. The lowest BCUT2D eigenvalue weighted by Crippen LogP contribution is -2.49. The van der Waals surface area contributed by atoms with Crippen LogP contribution < -0.4 is 0 Å². The van der Waals surface area contributed by atoms with E-state index in [4.69, 9.17) is 4.74 Å². The van der Waals surface area contributed by atoms with Crippen LogP contribution in [0.1, 0.15) is 67.2 Å². The molecule has 1 aliphatic carbocycles. The van der Waals surface area contributed by atoms with Crippen molar-refractivity contribution in [2.75, 3.05) is 0 Å². The molecule has 2 aliphatic rings. The largest absolute Gasteiger partial charge is 0.462 e. The number of rotatable bonds is 3. The highest BCUT2D eigenvalue weighted by atomic mass is 16.6. The van der Waals surface area contributed by atoms with Crippen LogP contribution in [0.5, 0.6) is 0 Å². The van der Waals surface area contributed by atoms with Crippen molar-refractivity contribution in [1.82, 2.24) is 0 Å². The number of fused-ring (bicyclic) bond motifs is 1. The summed E-state index contributed by atoms with van der Waals surface area (Å²) in [5.74, 6) is 1.48. The van der Waals surface area contributed by atoms with Crippen LogP contribution in [-0.2, 0) is 9.53 Å². The van der Waals surface area contributed by atoms with E-state index in [1.165, 1.54) is 12.8 Å². The maximum Gasteiger partial charge on any atom is 0.309 e. The van der Waals surface area contributed by atoms with E-state index in [1.54, 1.807) is 0 Å². The highest BCUT2D eigenvalue weighted by Gasteiger charge is 2.59. The standard InChI is InChI=1S/C17H30O2/c1-7-13(8-2)16(5)10-14-17(6,9-11(16)3)12(4)15(18)19-14/h11-14H,7-10H2,1-6H3. The van der Waals surface area contributed by atoms with Crippen LogP contribution in [0.3, 0.4) is 0 Å². The molecule has 19 heavy (non-hydrogen) atoms. The van der Waals surface area contributed by atoms with E-state index in [9.17, 15) is 4.79 Å². The lowest BCUT2D eigenvalue weighted by atomic mass is 9.52. The van der Waals surface area contributed by atoms with Gasteiger partial charge in [0.15, 0.2) is 0 Å². The summed E-state index contributed by atoms with van der Waals surface area (Å²) in [5.41, 5.74) is 0.375. The first-order chi connectivity index (χ1) is 8.79. The zero-order valence-corrected chi connectivity index (χ0v) is 13.5. The molecule has 0 aromatic carbocycles. The minimum Gasteiger partial charge on any atom is -0.462 e. The first-order valence-electron chi connectivity index (χ1n) is 8.00. The Morgan fingerprint density at radius 3 is 2.32 bits per heavy atom. The number of hydrogen-bond donors (Lipinski definition) is 0. The Morgan fingerprint density at radius 1 is 1.21 bits per heavy atom. The molecule has 0 amide bonds. The molecule has 2 rings (SSSR count). The van der Waals surface area contributed by atoms with Gasteiger partial charge in [-0.3, -0.25) is 4.79 Å². The first-order valence-corrected chi connectivity index (χ1v) is 8.00. The third kappa shape index (κ3) is 2.02. The fraction of sp³-hybridized carbons (Fsp3) is 0.941. The summed E-state index contributed by atoms with van der Waals surface area (Å²) in [6.07, 6.45) is 4.76. The molecule has 0 aromatic heterocycles. The average molecular weight is 266 g/mol. The summed E-state index contributed by atoms with van der Waals surface area (Å²) in [6, 6.07) is 0. The van der Waals surface area contributed by atoms with Crippen molar-refractivity contribution < 1.29 is 9.53 Å². The van der Waals surface area contributed by atoms with Gasteiger partial charge < -0.3 is 4.74 Å². The minimum atomic E-state index is 0.0218. The van der Waals surface area contributed by atoms with Crippen molar-refractivity contribution in [3.05, 3.63) is 0 Å². The number of carbonyl (C=O) groups excluding carboxylic acids is 1. The molecule has 5 atom stereocenters. The van der Waals surface area contributed by atoms with E-state index in [0.717, 1.165) is 18.8 Å². The van der Waals surface area contributed by atoms with Gasteiger partial charge in [0.1, 0.15) is 6.10 Å². The Bertz CT molecular complexity index is 360. The van der Waals surface area contributed by atoms with Crippen molar-refractivity contribution in [1.29, 1.82) is 0 Å². The van der Waals surface area contributed by atoms with Crippen LogP contribution in [0.2, 0.25) is 0 Å². The summed E-state index contributed by atoms with van der Waals surface area (Å²) in [4.78, 5) is 12.0. The Labute approximate surface area is 118 Å². The molecule has 5 unspecified atom stereocenters. The van der Waals surface area contributed by atoms with E-state index in [-0.39, 0.29) is 23.4 Å². The van der Waals surface area contributed by atoms with E-state index >= 15 is 0 Å². The van der Waals surface area contributed by atoms with Gasteiger partial charge in [0.05, 0.1) is 5.92 Å². The predicted molar refractivity (Wildman–Crippen MR) is 77.7 cm³/mol. The number of ether oxygens (including phenoxy) is 1. The Kier molecular flexibility index (Phi) is 3.75. The maximum atomic E-state index is 12.0. The maximum absolute atomic E-state index is 12.0. The van der Waals surface area contributed by atoms with Crippen LogP contribution in [-0.4, -0.2) is 12.1 Å². The number of carbonyl (C=O) groups is 1. The van der Waals surface area contributed by atoms with Crippen LogP contribution in [0, 0.1) is 28.6 Å². The van der Waals surface area contributed by atoms with E-state index in [1.807, 2.05) is 0 Å². The van der Waals surface area contributed by atoms with Gasteiger partial charge in [-0.2, -0.15) is 0 Å². The molecular formula is C17H30O2.